The quantitative estimate of drug-likeness (QED) is 0.496. The third-order valence-corrected chi connectivity index (χ3v) is 8.84. The van der Waals surface area contributed by atoms with E-state index in [1.165, 1.54) is 5.01 Å². The van der Waals surface area contributed by atoms with E-state index < -0.39 is 20.0 Å². The molecule has 1 saturated heterocycles. The minimum atomic E-state index is -4.09. The third-order valence-electron chi connectivity index (χ3n) is 5.56. The number of hydrazone groups is 1. The zero-order valence-corrected chi connectivity index (χ0v) is 20.3. The van der Waals surface area contributed by atoms with Crippen molar-refractivity contribution in [2.45, 2.75) is 5.92 Å². The number of halogens is 1. The van der Waals surface area contributed by atoms with Crippen LogP contribution in [0.4, 0.5) is 0 Å². The van der Waals surface area contributed by atoms with Crippen LogP contribution < -0.4 is 5.32 Å². The Morgan fingerprint density at radius 3 is 2.33 bits per heavy atom. The van der Waals surface area contributed by atoms with Crippen molar-refractivity contribution in [1.29, 1.82) is 0 Å². The lowest BCUT2D eigenvalue weighted by molar-refractivity contribution is 0.427. The average molecular weight is 510 g/mol. The van der Waals surface area contributed by atoms with E-state index in [9.17, 15) is 16.8 Å². The minimum Gasteiger partial charge on any atom is -0.357 e. The number of sulfone groups is 1. The van der Waals surface area contributed by atoms with Crippen LogP contribution in [-0.4, -0.2) is 76.0 Å². The molecule has 0 bridgehead atoms. The Balaban J connectivity index is 1.67. The van der Waals surface area contributed by atoms with Gasteiger partial charge in [-0.3, -0.25) is 0 Å². The van der Waals surface area contributed by atoms with Gasteiger partial charge in [0, 0.05) is 31.1 Å². The van der Waals surface area contributed by atoms with Crippen LogP contribution in [0, 0.1) is 0 Å². The third kappa shape index (κ3) is 5.37. The fourth-order valence-corrected chi connectivity index (χ4v) is 6.50. The van der Waals surface area contributed by atoms with Crippen molar-refractivity contribution < 1.29 is 16.8 Å². The van der Waals surface area contributed by atoms with E-state index in [0.29, 0.717) is 11.6 Å². The van der Waals surface area contributed by atoms with E-state index in [1.54, 1.807) is 19.2 Å². The summed E-state index contributed by atoms with van der Waals surface area (Å²) in [6.07, 6.45) is 0. The summed E-state index contributed by atoms with van der Waals surface area (Å²) in [5.74, 6) is -0.480. The second-order valence-corrected chi connectivity index (χ2v) is 12.1. The van der Waals surface area contributed by atoms with Crippen LogP contribution >= 0.6 is 11.6 Å². The number of hydrogen-bond acceptors (Lipinski definition) is 5. The monoisotopic (exact) mass is 509 g/mol. The summed E-state index contributed by atoms with van der Waals surface area (Å²) in [5.41, 5.74) is 2.67. The Labute approximate surface area is 198 Å². The molecule has 0 saturated carbocycles. The van der Waals surface area contributed by atoms with Crippen LogP contribution in [0.1, 0.15) is 17.0 Å². The maximum absolute atomic E-state index is 12.9. The number of hydrogen-bond donors (Lipinski definition) is 1. The van der Waals surface area contributed by atoms with E-state index in [1.807, 2.05) is 42.5 Å². The molecule has 2 aromatic rings. The van der Waals surface area contributed by atoms with Crippen LogP contribution in [0.3, 0.4) is 0 Å². The largest absolute Gasteiger partial charge is 0.357 e. The summed E-state index contributed by atoms with van der Waals surface area (Å²) in [7, 11) is -5.73. The predicted octanol–water partition coefficient (Wildman–Crippen LogP) is 1.69. The first-order chi connectivity index (χ1) is 15.7. The highest BCUT2D eigenvalue weighted by Crippen LogP contribution is 2.29. The van der Waals surface area contributed by atoms with Crippen LogP contribution in [0.5, 0.6) is 0 Å². The van der Waals surface area contributed by atoms with Gasteiger partial charge in [0.15, 0.2) is 9.84 Å². The van der Waals surface area contributed by atoms with E-state index in [-0.39, 0.29) is 36.5 Å². The summed E-state index contributed by atoms with van der Waals surface area (Å²) in [4.78, 5) is 0. The molecule has 1 fully saturated rings. The molecule has 1 N–H and O–H groups in total. The molecule has 0 aliphatic carbocycles. The SMILES string of the molecule is CN/C(=N\S(=O)(=O)N1CCS(=O)(=O)CC1)N1CC(c2ccccc2)C(c2ccc(Cl)cc2)=N1. The Morgan fingerprint density at radius 1 is 1.09 bits per heavy atom. The average Bonchev–Trinajstić information content (AvgIpc) is 3.23. The molecular weight excluding hydrogens is 486 g/mol. The first-order valence-electron chi connectivity index (χ1n) is 10.3. The zero-order valence-electron chi connectivity index (χ0n) is 17.9. The number of nitrogens with zero attached hydrogens (tertiary/aromatic N) is 4. The summed E-state index contributed by atoms with van der Waals surface area (Å²) >= 11 is 6.05. The molecule has 0 amide bonds. The second-order valence-electron chi connectivity index (χ2n) is 7.73. The number of guanidine groups is 1. The van der Waals surface area contributed by atoms with Crippen molar-refractivity contribution in [2.24, 2.45) is 9.50 Å². The summed E-state index contributed by atoms with van der Waals surface area (Å²) in [5, 5.41) is 9.67. The number of rotatable bonds is 4. The van der Waals surface area contributed by atoms with Crippen LogP contribution in [0.2, 0.25) is 5.02 Å². The fourth-order valence-electron chi connectivity index (χ4n) is 3.78. The van der Waals surface area contributed by atoms with E-state index >= 15 is 0 Å². The fraction of sp³-hybridized carbons (Fsp3) is 0.333. The number of benzene rings is 2. The van der Waals surface area contributed by atoms with Crippen LogP contribution in [-0.2, 0) is 20.0 Å². The van der Waals surface area contributed by atoms with Crippen molar-refractivity contribution in [3.63, 3.8) is 0 Å². The van der Waals surface area contributed by atoms with Crippen LogP contribution in [0.25, 0.3) is 0 Å². The molecule has 2 aromatic carbocycles. The smallest absolute Gasteiger partial charge is 0.325 e. The first kappa shape index (κ1) is 23.7. The van der Waals surface area contributed by atoms with Crippen molar-refractivity contribution >= 4 is 43.3 Å². The molecule has 0 aromatic heterocycles. The molecule has 0 radical (unpaired) electrons. The normalized spacial score (nSPS) is 21.6. The van der Waals surface area contributed by atoms with Crippen molar-refractivity contribution in [3.05, 3.63) is 70.7 Å². The first-order valence-corrected chi connectivity index (χ1v) is 13.9. The van der Waals surface area contributed by atoms with Gasteiger partial charge >= 0.3 is 10.2 Å². The standard InChI is InChI=1S/C21H24ClN5O4S2/c1-23-21(25-33(30,31)26-11-13-32(28,29)14-12-26)27-15-19(16-5-3-2-4-6-16)20(24-27)17-7-9-18(22)10-8-17/h2-10,19H,11-15H2,1H3,(H,23,25). The van der Waals surface area contributed by atoms with E-state index in [4.69, 9.17) is 16.7 Å². The molecular formula is C21H24ClN5O4S2. The molecule has 4 rings (SSSR count). The van der Waals surface area contributed by atoms with Gasteiger partial charge in [-0.05, 0) is 23.3 Å². The van der Waals surface area contributed by atoms with Gasteiger partial charge in [-0.15, -0.1) is 4.40 Å². The maximum Gasteiger partial charge on any atom is 0.325 e. The lowest BCUT2D eigenvalue weighted by atomic mass is 9.91. The molecule has 12 heteroatoms. The van der Waals surface area contributed by atoms with Gasteiger partial charge in [0.2, 0.25) is 5.96 Å². The van der Waals surface area contributed by atoms with E-state index in [0.717, 1.165) is 21.1 Å². The highest BCUT2D eigenvalue weighted by atomic mass is 35.5. The lowest BCUT2D eigenvalue weighted by Crippen LogP contribution is -2.44. The second kappa shape index (κ2) is 9.41. The van der Waals surface area contributed by atoms with Crippen molar-refractivity contribution in [3.8, 4) is 0 Å². The van der Waals surface area contributed by atoms with Gasteiger partial charge in [-0.25, -0.2) is 13.4 Å². The molecule has 1 unspecified atom stereocenters. The Kier molecular flexibility index (Phi) is 6.76. The van der Waals surface area contributed by atoms with Gasteiger partial charge in [-0.1, -0.05) is 54.1 Å². The van der Waals surface area contributed by atoms with Gasteiger partial charge in [0.25, 0.3) is 0 Å². The maximum atomic E-state index is 12.9. The highest BCUT2D eigenvalue weighted by molar-refractivity contribution is 7.92. The molecule has 0 spiro atoms. The summed E-state index contributed by atoms with van der Waals surface area (Å²) in [6, 6.07) is 17.1. The Hall–Kier alpha value is -2.47. The molecule has 9 nitrogen and oxygen atoms in total. The van der Waals surface area contributed by atoms with Gasteiger partial charge in [-0.2, -0.15) is 17.8 Å². The molecule has 2 aliphatic rings. The molecule has 33 heavy (non-hydrogen) atoms. The Bertz CT molecular complexity index is 1270. The molecule has 176 valence electrons. The van der Waals surface area contributed by atoms with Gasteiger partial charge in [0.05, 0.1) is 23.8 Å². The molecule has 2 heterocycles. The predicted molar refractivity (Wildman–Crippen MR) is 130 cm³/mol. The van der Waals surface area contributed by atoms with E-state index in [2.05, 4.69) is 9.71 Å². The van der Waals surface area contributed by atoms with Crippen molar-refractivity contribution in [2.75, 3.05) is 38.2 Å². The summed E-state index contributed by atoms with van der Waals surface area (Å²) < 4.78 is 54.1. The topological polar surface area (TPSA) is 112 Å². The minimum absolute atomic E-state index is 0.0633. The Morgan fingerprint density at radius 2 is 1.73 bits per heavy atom. The lowest BCUT2D eigenvalue weighted by Gasteiger charge is -2.25. The zero-order chi connectivity index (χ0) is 23.6. The summed E-state index contributed by atoms with van der Waals surface area (Å²) in [6.45, 7) is 0.153. The molecule has 1 atom stereocenters. The molecule has 2 aliphatic heterocycles. The number of nitrogens with one attached hydrogen (secondary N) is 1. The van der Waals surface area contributed by atoms with Crippen LogP contribution in [0.15, 0.2) is 64.1 Å². The van der Waals surface area contributed by atoms with Gasteiger partial charge < -0.3 is 5.32 Å². The van der Waals surface area contributed by atoms with Gasteiger partial charge in [0.1, 0.15) is 0 Å². The van der Waals surface area contributed by atoms with Crippen molar-refractivity contribution in [1.82, 2.24) is 14.6 Å². The highest BCUT2D eigenvalue weighted by Gasteiger charge is 2.34.